The number of aryl methyl sites for hydroxylation is 1. The lowest BCUT2D eigenvalue weighted by atomic mass is 10.4. The second-order valence-electron chi connectivity index (χ2n) is 2.69. The number of primary amides is 1. The summed E-state index contributed by atoms with van der Waals surface area (Å²) in [5.74, 6) is -0.245. The smallest absolute Gasteiger partial charge is 0.304 e. The normalized spacial score (nSPS) is 10.3. The van der Waals surface area contributed by atoms with Crippen molar-refractivity contribution < 1.29 is 17.8 Å². The zero-order valence-electron chi connectivity index (χ0n) is 8.43. The van der Waals surface area contributed by atoms with Crippen molar-refractivity contribution in [1.29, 1.82) is 0 Å². The number of nitrogens with two attached hydrogens (primary N) is 1. The van der Waals surface area contributed by atoms with Crippen molar-refractivity contribution in [1.82, 2.24) is 0 Å². The van der Waals surface area contributed by atoms with Crippen LogP contribution in [0.2, 0.25) is 0 Å². The monoisotopic (exact) mass is 251 g/mol. The summed E-state index contributed by atoms with van der Waals surface area (Å²) in [7, 11) is -3.97. The highest BCUT2D eigenvalue weighted by Gasteiger charge is 2.13. The van der Waals surface area contributed by atoms with E-state index >= 15 is 0 Å². The largest absolute Gasteiger partial charge is 0.370 e. The van der Waals surface area contributed by atoms with Crippen molar-refractivity contribution in [2.24, 2.45) is 5.73 Å². The van der Waals surface area contributed by atoms with Gasteiger partial charge in [-0.15, -0.1) is 11.3 Å². The number of amides is 1. The van der Waals surface area contributed by atoms with Gasteiger partial charge >= 0.3 is 10.1 Å². The number of carbonyl (C=O) groups is 1. The van der Waals surface area contributed by atoms with E-state index in [1.165, 1.54) is 0 Å². The van der Waals surface area contributed by atoms with Crippen molar-refractivity contribution in [2.45, 2.75) is 24.5 Å². The summed E-state index contributed by atoms with van der Waals surface area (Å²) >= 11 is 1.02. The highest BCUT2D eigenvalue weighted by molar-refractivity contribution is 7.88. The number of carbonyl (C=O) groups excluding carboxylic acids is 1. The van der Waals surface area contributed by atoms with Crippen LogP contribution in [0.5, 0.6) is 0 Å². The highest BCUT2D eigenvalue weighted by atomic mass is 32.3. The summed E-state index contributed by atoms with van der Waals surface area (Å²) in [6.07, 6.45) is 0.444. The second-order valence-corrected chi connectivity index (χ2v) is 5.22. The van der Waals surface area contributed by atoms with Gasteiger partial charge in [0.25, 0.3) is 0 Å². The molecule has 0 bridgehead atoms. The van der Waals surface area contributed by atoms with Gasteiger partial charge in [0, 0.05) is 6.42 Å². The van der Waals surface area contributed by atoms with Crippen molar-refractivity contribution in [2.75, 3.05) is 0 Å². The van der Waals surface area contributed by atoms with E-state index in [1.54, 1.807) is 25.3 Å². The van der Waals surface area contributed by atoms with Gasteiger partial charge in [-0.2, -0.15) is 8.42 Å². The van der Waals surface area contributed by atoms with Gasteiger partial charge in [0.2, 0.25) is 5.91 Å². The molecule has 5 nitrogen and oxygen atoms in total. The standard InChI is InChI=1S/C5H6O3S2.C3H7NO/c1-4-2-3-9-5(4)10(6,7)8;1-2-3(4)5/h2-3H,1H3,(H,6,7,8);2H2,1H3,(H2,4,5). The molecule has 0 aliphatic heterocycles. The van der Waals surface area contributed by atoms with E-state index in [-0.39, 0.29) is 10.1 Å². The zero-order chi connectivity index (χ0) is 12.1. The van der Waals surface area contributed by atoms with E-state index in [2.05, 4.69) is 5.73 Å². The SMILES string of the molecule is CCC(N)=O.Cc1ccsc1S(=O)(=O)O. The van der Waals surface area contributed by atoms with Gasteiger partial charge in [-0.05, 0) is 23.9 Å². The molecule has 0 radical (unpaired) electrons. The molecular formula is C8H13NO4S2. The first-order chi connectivity index (χ1) is 6.79. The fourth-order valence-electron chi connectivity index (χ4n) is 0.623. The molecule has 86 valence electrons. The van der Waals surface area contributed by atoms with Gasteiger partial charge in [0.15, 0.2) is 0 Å². The van der Waals surface area contributed by atoms with Crippen LogP contribution in [0.1, 0.15) is 18.9 Å². The number of hydrogen-bond acceptors (Lipinski definition) is 4. The van der Waals surface area contributed by atoms with Gasteiger partial charge < -0.3 is 5.73 Å². The summed E-state index contributed by atoms with van der Waals surface area (Å²) in [6.45, 7) is 3.36. The van der Waals surface area contributed by atoms with Gasteiger partial charge in [-0.3, -0.25) is 9.35 Å². The maximum atomic E-state index is 10.5. The number of thiophene rings is 1. The Labute approximate surface area is 92.7 Å². The lowest BCUT2D eigenvalue weighted by Crippen LogP contribution is -2.06. The Morgan fingerprint density at radius 2 is 2.07 bits per heavy atom. The minimum absolute atomic E-state index is 0.0347. The van der Waals surface area contributed by atoms with E-state index in [0.29, 0.717) is 12.0 Å². The highest BCUT2D eigenvalue weighted by Crippen LogP contribution is 2.20. The molecule has 1 heterocycles. The predicted molar refractivity (Wildman–Crippen MR) is 58.4 cm³/mol. The van der Waals surface area contributed by atoms with Crippen LogP contribution >= 0.6 is 11.3 Å². The van der Waals surface area contributed by atoms with Crippen molar-refractivity contribution >= 4 is 27.4 Å². The first kappa shape index (κ1) is 14.1. The Hall–Kier alpha value is -0.920. The number of rotatable bonds is 2. The fourth-order valence-corrected chi connectivity index (χ4v) is 2.40. The molecule has 0 saturated carbocycles. The van der Waals surface area contributed by atoms with Gasteiger partial charge in [-0.1, -0.05) is 6.92 Å². The van der Waals surface area contributed by atoms with E-state index in [0.717, 1.165) is 11.3 Å². The average Bonchev–Trinajstić information content (AvgIpc) is 2.51. The molecule has 3 N–H and O–H groups in total. The summed E-state index contributed by atoms with van der Waals surface area (Å²) < 4.78 is 29.5. The molecule has 0 aromatic carbocycles. The van der Waals surface area contributed by atoms with Crippen LogP contribution in [0.15, 0.2) is 15.7 Å². The predicted octanol–water partition coefficient (Wildman–Crippen LogP) is 1.18. The summed E-state index contributed by atoms with van der Waals surface area (Å²) in [5, 5.41) is 1.62. The molecule has 0 aliphatic carbocycles. The van der Waals surface area contributed by atoms with E-state index in [9.17, 15) is 13.2 Å². The minimum atomic E-state index is -3.97. The zero-order valence-corrected chi connectivity index (χ0v) is 10.1. The maximum Gasteiger partial charge on any atom is 0.304 e. The van der Waals surface area contributed by atoms with E-state index < -0.39 is 10.1 Å². The quantitative estimate of drug-likeness (QED) is 0.771. The molecule has 0 unspecified atom stereocenters. The molecule has 0 spiro atoms. The summed E-state index contributed by atoms with van der Waals surface area (Å²) in [5.41, 5.74) is 5.24. The Morgan fingerprint density at radius 1 is 1.60 bits per heavy atom. The first-order valence-electron chi connectivity index (χ1n) is 4.09. The Bertz CT molecular complexity index is 422. The van der Waals surface area contributed by atoms with E-state index in [1.807, 2.05) is 0 Å². The molecule has 0 atom stereocenters. The molecule has 1 aromatic heterocycles. The second kappa shape index (κ2) is 5.84. The van der Waals surface area contributed by atoms with Crippen LogP contribution in [0.4, 0.5) is 0 Å². The lowest BCUT2D eigenvalue weighted by molar-refractivity contribution is -0.117. The van der Waals surface area contributed by atoms with Crippen LogP contribution in [-0.4, -0.2) is 18.9 Å². The Kier molecular flexibility index (Phi) is 5.48. The van der Waals surface area contributed by atoms with Gasteiger partial charge in [0.1, 0.15) is 4.21 Å². The molecule has 0 fully saturated rings. The molecule has 0 aliphatic rings. The molecule has 1 rings (SSSR count). The molecule has 15 heavy (non-hydrogen) atoms. The number of hydrogen-bond donors (Lipinski definition) is 2. The fraction of sp³-hybridized carbons (Fsp3) is 0.375. The third-order valence-corrected chi connectivity index (χ3v) is 3.92. The van der Waals surface area contributed by atoms with Gasteiger partial charge in [-0.25, -0.2) is 0 Å². The van der Waals surface area contributed by atoms with E-state index in [4.69, 9.17) is 4.55 Å². The first-order valence-corrected chi connectivity index (χ1v) is 6.41. The average molecular weight is 251 g/mol. The third kappa shape index (κ3) is 5.50. The van der Waals surface area contributed by atoms with Gasteiger partial charge in [0.05, 0.1) is 0 Å². The van der Waals surface area contributed by atoms with Crippen LogP contribution < -0.4 is 5.73 Å². The molecule has 1 aromatic rings. The van der Waals surface area contributed by atoms with Crippen LogP contribution in [0.25, 0.3) is 0 Å². The van der Waals surface area contributed by atoms with Crippen LogP contribution in [-0.2, 0) is 14.9 Å². The molecular weight excluding hydrogens is 238 g/mol. The molecule has 1 amide bonds. The third-order valence-electron chi connectivity index (χ3n) is 1.40. The van der Waals surface area contributed by atoms with Crippen molar-refractivity contribution in [3.05, 3.63) is 17.0 Å². The Morgan fingerprint density at radius 3 is 2.20 bits per heavy atom. The molecule has 7 heteroatoms. The maximum absolute atomic E-state index is 10.5. The summed E-state index contributed by atoms with van der Waals surface area (Å²) in [4.78, 5) is 9.59. The van der Waals surface area contributed by atoms with Crippen LogP contribution in [0, 0.1) is 6.92 Å². The lowest BCUT2D eigenvalue weighted by Gasteiger charge is -1.90. The van der Waals surface area contributed by atoms with Crippen molar-refractivity contribution in [3.8, 4) is 0 Å². The minimum Gasteiger partial charge on any atom is -0.370 e. The topological polar surface area (TPSA) is 97.5 Å². The summed E-state index contributed by atoms with van der Waals surface area (Å²) in [6, 6.07) is 1.65. The Balaban J connectivity index is 0.000000336. The van der Waals surface area contributed by atoms with Crippen LogP contribution in [0.3, 0.4) is 0 Å². The van der Waals surface area contributed by atoms with Crippen molar-refractivity contribution in [3.63, 3.8) is 0 Å². The molecule has 0 saturated heterocycles.